The largest absolute Gasteiger partial charge is 0.493 e. The number of carbonyl (C=O) groups excluding carboxylic acids is 3. The van der Waals surface area contributed by atoms with Gasteiger partial charge in [-0.1, -0.05) is 22.0 Å². The van der Waals surface area contributed by atoms with Crippen LogP contribution in [0, 0.1) is 12.8 Å². The Labute approximate surface area is 188 Å². The van der Waals surface area contributed by atoms with E-state index < -0.39 is 11.8 Å². The smallest absolute Gasteiger partial charge is 0.255 e. The van der Waals surface area contributed by atoms with Gasteiger partial charge < -0.3 is 25.4 Å². The predicted octanol–water partition coefficient (Wildman–Crippen LogP) is 2.30. The SMILES string of the molecule is COc1cc(CNC(=O)[C@@H]2CC(=O)N(c3ccc(Br)c(C)c3)C2)ccc1OCC(N)=O. The van der Waals surface area contributed by atoms with Crippen molar-refractivity contribution in [3.05, 3.63) is 52.0 Å². The van der Waals surface area contributed by atoms with Crippen LogP contribution in [0.4, 0.5) is 5.69 Å². The Kier molecular flexibility index (Phi) is 7.17. The zero-order valence-electron chi connectivity index (χ0n) is 17.3. The van der Waals surface area contributed by atoms with Gasteiger partial charge in [-0.05, 0) is 48.4 Å². The van der Waals surface area contributed by atoms with E-state index in [2.05, 4.69) is 21.2 Å². The highest BCUT2D eigenvalue weighted by Crippen LogP contribution is 2.30. The van der Waals surface area contributed by atoms with Crippen molar-refractivity contribution in [3.8, 4) is 11.5 Å². The Bertz CT molecular complexity index is 1010. The number of primary amides is 1. The van der Waals surface area contributed by atoms with E-state index in [0.29, 0.717) is 18.0 Å². The van der Waals surface area contributed by atoms with Crippen LogP contribution in [0.25, 0.3) is 0 Å². The molecule has 1 atom stereocenters. The van der Waals surface area contributed by atoms with Crippen molar-refractivity contribution in [2.45, 2.75) is 19.9 Å². The van der Waals surface area contributed by atoms with Crippen molar-refractivity contribution in [3.63, 3.8) is 0 Å². The Hall–Kier alpha value is -3.07. The first-order valence-electron chi connectivity index (χ1n) is 9.70. The fourth-order valence-electron chi connectivity index (χ4n) is 3.35. The van der Waals surface area contributed by atoms with E-state index in [1.807, 2.05) is 25.1 Å². The molecule has 0 aromatic heterocycles. The Morgan fingerprint density at radius 2 is 2.00 bits per heavy atom. The molecule has 1 fully saturated rings. The lowest BCUT2D eigenvalue weighted by Crippen LogP contribution is -2.32. The Morgan fingerprint density at radius 3 is 2.68 bits per heavy atom. The normalized spacial score (nSPS) is 15.6. The van der Waals surface area contributed by atoms with Gasteiger partial charge >= 0.3 is 0 Å². The summed E-state index contributed by atoms with van der Waals surface area (Å²) in [5.41, 5.74) is 7.70. The summed E-state index contributed by atoms with van der Waals surface area (Å²) < 4.78 is 11.5. The molecule has 0 saturated carbocycles. The number of hydrogen-bond acceptors (Lipinski definition) is 5. The molecule has 1 saturated heterocycles. The maximum absolute atomic E-state index is 12.7. The molecular weight excluding hydrogens is 466 g/mol. The second-order valence-electron chi connectivity index (χ2n) is 7.30. The number of benzene rings is 2. The summed E-state index contributed by atoms with van der Waals surface area (Å²) >= 11 is 3.46. The number of hydrogen-bond donors (Lipinski definition) is 2. The third-order valence-corrected chi connectivity index (χ3v) is 5.90. The summed E-state index contributed by atoms with van der Waals surface area (Å²) in [5, 5.41) is 2.88. The lowest BCUT2D eigenvalue weighted by molar-refractivity contribution is -0.126. The predicted molar refractivity (Wildman–Crippen MR) is 119 cm³/mol. The second kappa shape index (κ2) is 9.82. The molecule has 31 heavy (non-hydrogen) atoms. The van der Waals surface area contributed by atoms with Crippen molar-refractivity contribution in [2.24, 2.45) is 11.7 Å². The molecule has 0 unspecified atom stereocenters. The number of ether oxygens (including phenoxy) is 2. The van der Waals surface area contributed by atoms with Crippen LogP contribution in [0.3, 0.4) is 0 Å². The monoisotopic (exact) mass is 489 g/mol. The van der Waals surface area contributed by atoms with Crippen LogP contribution in [-0.4, -0.2) is 38.0 Å². The topological polar surface area (TPSA) is 111 Å². The maximum Gasteiger partial charge on any atom is 0.255 e. The molecule has 9 heteroatoms. The number of amides is 3. The van der Waals surface area contributed by atoms with Gasteiger partial charge in [-0.15, -0.1) is 0 Å². The van der Waals surface area contributed by atoms with Crippen LogP contribution < -0.4 is 25.4 Å². The summed E-state index contributed by atoms with van der Waals surface area (Å²) in [6.07, 6.45) is 0.171. The molecule has 0 aliphatic carbocycles. The van der Waals surface area contributed by atoms with Gasteiger partial charge in [0.2, 0.25) is 11.8 Å². The first kappa shape index (κ1) is 22.6. The number of anilines is 1. The molecule has 164 valence electrons. The number of rotatable bonds is 8. The molecule has 1 aliphatic heterocycles. The van der Waals surface area contributed by atoms with Crippen molar-refractivity contribution in [1.82, 2.24) is 5.32 Å². The summed E-state index contributed by atoms with van der Waals surface area (Å²) in [7, 11) is 1.48. The molecule has 2 aromatic carbocycles. The summed E-state index contributed by atoms with van der Waals surface area (Å²) in [5.74, 6) is -0.440. The lowest BCUT2D eigenvalue weighted by Gasteiger charge is -2.18. The maximum atomic E-state index is 12.7. The van der Waals surface area contributed by atoms with Crippen molar-refractivity contribution < 1.29 is 23.9 Å². The number of nitrogens with one attached hydrogen (secondary N) is 1. The molecule has 3 N–H and O–H groups in total. The number of nitrogens with two attached hydrogens (primary N) is 1. The first-order valence-corrected chi connectivity index (χ1v) is 10.5. The fraction of sp³-hybridized carbons (Fsp3) is 0.318. The highest BCUT2D eigenvalue weighted by Gasteiger charge is 2.35. The van der Waals surface area contributed by atoms with E-state index in [1.165, 1.54) is 7.11 Å². The zero-order chi connectivity index (χ0) is 22.5. The van der Waals surface area contributed by atoms with Crippen LogP contribution >= 0.6 is 15.9 Å². The third kappa shape index (κ3) is 5.55. The van der Waals surface area contributed by atoms with E-state index in [-0.39, 0.29) is 31.4 Å². The van der Waals surface area contributed by atoms with Crippen molar-refractivity contribution >= 4 is 39.3 Å². The molecule has 2 aromatic rings. The van der Waals surface area contributed by atoms with E-state index in [1.54, 1.807) is 23.1 Å². The summed E-state index contributed by atoms with van der Waals surface area (Å²) in [6, 6.07) is 10.8. The molecule has 3 amide bonds. The van der Waals surface area contributed by atoms with Gasteiger partial charge in [0.05, 0.1) is 13.0 Å². The van der Waals surface area contributed by atoms with Gasteiger partial charge in [-0.25, -0.2) is 0 Å². The lowest BCUT2D eigenvalue weighted by atomic mass is 10.1. The molecule has 8 nitrogen and oxygen atoms in total. The van der Waals surface area contributed by atoms with Crippen molar-refractivity contribution in [2.75, 3.05) is 25.2 Å². The Balaban J connectivity index is 1.60. The van der Waals surface area contributed by atoms with Gasteiger partial charge in [0.25, 0.3) is 5.91 Å². The highest BCUT2D eigenvalue weighted by molar-refractivity contribution is 9.10. The molecule has 0 spiro atoms. The Morgan fingerprint density at radius 1 is 1.23 bits per heavy atom. The van der Waals surface area contributed by atoms with Crippen LogP contribution in [0.5, 0.6) is 11.5 Å². The average Bonchev–Trinajstić information content (AvgIpc) is 3.14. The second-order valence-corrected chi connectivity index (χ2v) is 8.15. The van der Waals surface area contributed by atoms with Crippen molar-refractivity contribution in [1.29, 1.82) is 0 Å². The summed E-state index contributed by atoms with van der Waals surface area (Å²) in [4.78, 5) is 37.7. The first-order chi connectivity index (χ1) is 14.8. The van der Waals surface area contributed by atoms with Gasteiger partial charge in [-0.2, -0.15) is 0 Å². The van der Waals surface area contributed by atoms with Crippen LogP contribution in [0.1, 0.15) is 17.5 Å². The van der Waals surface area contributed by atoms with Gasteiger partial charge in [0.15, 0.2) is 18.1 Å². The minimum absolute atomic E-state index is 0.0699. The minimum atomic E-state index is -0.586. The van der Waals surface area contributed by atoms with Gasteiger partial charge in [0.1, 0.15) is 0 Å². The van der Waals surface area contributed by atoms with E-state index in [4.69, 9.17) is 15.2 Å². The van der Waals surface area contributed by atoms with Gasteiger partial charge in [-0.3, -0.25) is 14.4 Å². The number of carbonyl (C=O) groups is 3. The van der Waals surface area contributed by atoms with Crippen LogP contribution in [-0.2, 0) is 20.9 Å². The van der Waals surface area contributed by atoms with E-state index in [9.17, 15) is 14.4 Å². The molecular formula is C22H24BrN3O5. The number of nitrogens with zero attached hydrogens (tertiary/aromatic N) is 1. The third-order valence-electron chi connectivity index (χ3n) is 5.01. The number of methoxy groups -OCH3 is 1. The molecule has 0 radical (unpaired) electrons. The quantitative estimate of drug-likeness (QED) is 0.590. The van der Waals surface area contributed by atoms with Gasteiger partial charge in [0, 0.05) is 29.7 Å². The minimum Gasteiger partial charge on any atom is -0.493 e. The average molecular weight is 490 g/mol. The fourth-order valence-corrected chi connectivity index (χ4v) is 3.60. The molecule has 1 heterocycles. The van der Waals surface area contributed by atoms with Crippen LogP contribution in [0.15, 0.2) is 40.9 Å². The van der Waals surface area contributed by atoms with Crippen LogP contribution in [0.2, 0.25) is 0 Å². The summed E-state index contributed by atoms with van der Waals surface area (Å²) in [6.45, 7) is 2.32. The number of halogens is 1. The molecule has 3 rings (SSSR count). The van der Waals surface area contributed by atoms with E-state index in [0.717, 1.165) is 21.3 Å². The standard InChI is InChI=1S/C22H24BrN3O5/c1-13-7-16(4-5-17(13)23)26-11-15(9-21(26)28)22(29)25-10-14-3-6-18(19(8-14)30-2)31-12-20(24)27/h3-8,15H,9-12H2,1-2H3,(H2,24,27)(H,25,29)/t15-/m1/s1. The zero-order valence-corrected chi connectivity index (χ0v) is 18.9. The molecule has 0 bridgehead atoms. The number of aryl methyl sites for hydroxylation is 1. The highest BCUT2D eigenvalue weighted by atomic mass is 79.9. The molecule has 1 aliphatic rings. The van der Waals surface area contributed by atoms with E-state index >= 15 is 0 Å².